The number of nitrogens with two attached hydrogens (primary N) is 1. The van der Waals surface area contributed by atoms with Gasteiger partial charge in [-0.15, -0.1) is 0 Å². The summed E-state index contributed by atoms with van der Waals surface area (Å²) >= 11 is 0. The first kappa shape index (κ1) is 18.1. The average Bonchev–Trinajstić information content (AvgIpc) is 3.09. The second-order valence-corrected chi connectivity index (χ2v) is 6.79. The molecular formula is C21H25N3O2. The van der Waals surface area contributed by atoms with Gasteiger partial charge in [-0.05, 0) is 61.7 Å². The monoisotopic (exact) mass is 351 g/mol. The molecule has 2 aromatic carbocycles. The van der Waals surface area contributed by atoms with Crippen LogP contribution in [-0.4, -0.2) is 29.8 Å². The molecule has 5 heteroatoms. The Kier molecular flexibility index (Phi) is 5.68. The second-order valence-electron chi connectivity index (χ2n) is 6.79. The minimum atomic E-state index is -0.473. The van der Waals surface area contributed by atoms with Gasteiger partial charge in [0.15, 0.2) is 0 Å². The molecule has 0 aliphatic carbocycles. The number of carbonyl (C=O) groups excluding carboxylic acids is 2. The van der Waals surface area contributed by atoms with Crippen molar-refractivity contribution in [2.45, 2.75) is 32.2 Å². The van der Waals surface area contributed by atoms with Crippen molar-refractivity contribution in [2.24, 2.45) is 5.73 Å². The van der Waals surface area contributed by atoms with Crippen LogP contribution in [-0.2, 0) is 4.79 Å². The van der Waals surface area contributed by atoms with Crippen molar-refractivity contribution in [3.8, 4) is 0 Å². The summed E-state index contributed by atoms with van der Waals surface area (Å²) < 4.78 is 0. The van der Waals surface area contributed by atoms with E-state index in [0.29, 0.717) is 23.7 Å². The third-order valence-corrected chi connectivity index (χ3v) is 4.99. The van der Waals surface area contributed by atoms with E-state index in [2.05, 4.69) is 41.4 Å². The summed E-state index contributed by atoms with van der Waals surface area (Å²) in [6.07, 6.45) is 2.75. The maximum Gasteiger partial charge on any atom is 0.248 e. The van der Waals surface area contributed by atoms with Crippen molar-refractivity contribution in [1.82, 2.24) is 4.90 Å². The van der Waals surface area contributed by atoms with Crippen molar-refractivity contribution in [3.63, 3.8) is 0 Å². The van der Waals surface area contributed by atoms with Crippen molar-refractivity contribution in [2.75, 3.05) is 18.4 Å². The highest BCUT2D eigenvalue weighted by atomic mass is 16.2. The SMILES string of the molecule is Cc1ccccc1[C@H]1CCCN1CCC(=O)Nc1ccc(C(N)=O)cc1. The van der Waals surface area contributed by atoms with Gasteiger partial charge in [0.25, 0.3) is 0 Å². The summed E-state index contributed by atoms with van der Waals surface area (Å²) in [6, 6.07) is 15.5. The molecule has 2 amide bonds. The van der Waals surface area contributed by atoms with Gasteiger partial charge in [0.05, 0.1) is 0 Å². The van der Waals surface area contributed by atoms with Gasteiger partial charge in [-0.1, -0.05) is 24.3 Å². The Bertz CT molecular complexity index is 786. The molecule has 0 saturated carbocycles. The van der Waals surface area contributed by atoms with Crippen molar-refractivity contribution < 1.29 is 9.59 Å². The van der Waals surface area contributed by atoms with Gasteiger partial charge in [0, 0.05) is 30.3 Å². The lowest BCUT2D eigenvalue weighted by Gasteiger charge is -2.25. The number of anilines is 1. The van der Waals surface area contributed by atoms with Crippen LogP contribution in [0, 0.1) is 6.92 Å². The van der Waals surface area contributed by atoms with Crippen LogP contribution in [0.2, 0.25) is 0 Å². The lowest BCUT2D eigenvalue weighted by atomic mass is 9.99. The van der Waals surface area contributed by atoms with E-state index in [4.69, 9.17) is 5.73 Å². The molecule has 5 nitrogen and oxygen atoms in total. The third-order valence-electron chi connectivity index (χ3n) is 4.99. The minimum absolute atomic E-state index is 0.0211. The number of hydrogen-bond donors (Lipinski definition) is 2. The topological polar surface area (TPSA) is 75.4 Å². The van der Waals surface area contributed by atoms with E-state index < -0.39 is 5.91 Å². The molecule has 1 atom stereocenters. The number of carbonyl (C=O) groups is 2. The molecule has 1 aliphatic rings. The number of amides is 2. The Labute approximate surface area is 154 Å². The fraction of sp³-hybridized carbons (Fsp3) is 0.333. The van der Waals surface area contributed by atoms with E-state index in [-0.39, 0.29) is 5.91 Å². The predicted octanol–water partition coefficient (Wildman–Crippen LogP) is 3.26. The molecule has 2 aromatic rings. The summed E-state index contributed by atoms with van der Waals surface area (Å²) in [5.74, 6) is -0.494. The average molecular weight is 351 g/mol. The van der Waals surface area contributed by atoms with Crippen LogP contribution in [0.25, 0.3) is 0 Å². The van der Waals surface area contributed by atoms with E-state index in [1.807, 2.05) is 0 Å². The number of hydrogen-bond acceptors (Lipinski definition) is 3. The van der Waals surface area contributed by atoms with Gasteiger partial charge in [0.2, 0.25) is 11.8 Å². The fourth-order valence-corrected chi connectivity index (χ4v) is 3.59. The molecule has 3 rings (SSSR count). The van der Waals surface area contributed by atoms with Crippen molar-refractivity contribution >= 4 is 17.5 Å². The molecule has 0 spiro atoms. The van der Waals surface area contributed by atoms with E-state index in [0.717, 1.165) is 25.9 Å². The molecule has 0 radical (unpaired) electrons. The number of aryl methyl sites for hydroxylation is 1. The first-order valence-corrected chi connectivity index (χ1v) is 9.04. The highest BCUT2D eigenvalue weighted by Gasteiger charge is 2.26. The zero-order chi connectivity index (χ0) is 18.5. The summed E-state index contributed by atoms with van der Waals surface area (Å²) in [5, 5.41) is 2.88. The summed E-state index contributed by atoms with van der Waals surface area (Å²) in [5.41, 5.74) is 9.01. The highest BCUT2D eigenvalue weighted by Crippen LogP contribution is 2.33. The first-order chi connectivity index (χ1) is 12.5. The maximum atomic E-state index is 12.3. The molecule has 136 valence electrons. The molecule has 1 saturated heterocycles. The van der Waals surface area contributed by atoms with E-state index in [9.17, 15) is 9.59 Å². The van der Waals surface area contributed by atoms with E-state index in [1.54, 1.807) is 24.3 Å². The first-order valence-electron chi connectivity index (χ1n) is 9.04. The molecule has 1 heterocycles. The number of likely N-dealkylation sites (tertiary alicyclic amines) is 1. The molecule has 1 fully saturated rings. The Balaban J connectivity index is 1.55. The van der Waals surface area contributed by atoms with Crippen LogP contribution >= 0.6 is 0 Å². The molecule has 0 aromatic heterocycles. The number of primary amides is 1. The summed E-state index contributed by atoms with van der Waals surface area (Å²) in [4.78, 5) is 25.8. The number of rotatable bonds is 6. The lowest BCUT2D eigenvalue weighted by molar-refractivity contribution is -0.116. The van der Waals surface area contributed by atoms with Crippen LogP contribution < -0.4 is 11.1 Å². The Morgan fingerprint density at radius 3 is 2.58 bits per heavy atom. The van der Waals surface area contributed by atoms with Gasteiger partial charge >= 0.3 is 0 Å². The standard InChI is InChI=1S/C21H25N3O2/c1-15-5-2-3-6-18(15)19-7-4-13-24(19)14-12-20(25)23-17-10-8-16(9-11-17)21(22)26/h2-3,5-6,8-11,19H,4,7,12-14H2,1H3,(H2,22,26)(H,23,25)/t19-/m1/s1. The number of benzene rings is 2. The molecule has 1 aliphatic heterocycles. The van der Waals surface area contributed by atoms with Crippen LogP contribution in [0.3, 0.4) is 0 Å². The highest BCUT2D eigenvalue weighted by molar-refractivity contribution is 5.94. The van der Waals surface area contributed by atoms with E-state index in [1.165, 1.54) is 11.1 Å². The molecular weight excluding hydrogens is 326 g/mol. The summed E-state index contributed by atoms with van der Waals surface area (Å²) in [7, 11) is 0. The van der Waals surface area contributed by atoms with Crippen molar-refractivity contribution in [3.05, 3.63) is 65.2 Å². The van der Waals surface area contributed by atoms with Gasteiger partial charge < -0.3 is 11.1 Å². The zero-order valence-corrected chi connectivity index (χ0v) is 15.1. The fourth-order valence-electron chi connectivity index (χ4n) is 3.59. The Morgan fingerprint density at radius 2 is 1.88 bits per heavy atom. The normalized spacial score (nSPS) is 17.2. The van der Waals surface area contributed by atoms with Gasteiger partial charge in [-0.2, -0.15) is 0 Å². The maximum absolute atomic E-state index is 12.3. The Morgan fingerprint density at radius 1 is 1.15 bits per heavy atom. The lowest BCUT2D eigenvalue weighted by Crippen LogP contribution is -2.28. The minimum Gasteiger partial charge on any atom is -0.366 e. The molecule has 3 N–H and O–H groups in total. The van der Waals surface area contributed by atoms with Crippen molar-refractivity contribution in [1.29, 1.82) is 0 Å². The number of nitrogens with one attached hydrogen (secondary N) is 1. The molecule has 0 bridgehead atoms. The van der Waals surface area contributed by atoms with Gasteiger partial charge in [-0.25, -0.2) is 0 Å². The summed E-state index contributed by atoms with van der Waals surface area (Å²) in [6.45, 7) is 3.91. The van der Waals surface area contributed by atoms with Crippen LogP contribution in [0.15, 0.2) is 48.5 Å². The second kappa shape index (κ2) is 8.15. The van der Waals surface area contributed by atoms with Crippen LogP contribution in [0.4, 0.5) is 5.69 Å². The Hall–Kier alpha value is -2.66. The largest absolute Gasteiger partial charge is 0.366 e. The quantitative estimate of drug-likeness (QED) is 0.839. The molecule has 26 heavy (non-hydrogen) atoms. The smallest absolute Gasteiger partial charge is 0.248 e. The predicted molar refractivity (Wildman–Crippen MR) is 103 cm³/mol. The van der Waals surface area contributed by atoms with Crippen LogP contribution in [0.1, 0.15) is 46.8 Å². The van der Waals surface area contributed by atoms with Gasteiger partial charge in [-0.3, -0.25) is 14.5 Å². The zero-order valence-electron chi connectivity index (χ0n) is 15.1. The van der Waals surface area contributed by atoms with Crippen LogP contribution in [0.5, 0.6) is 0 Å². The van der Waals surface area contributed by atoms with Gasteiger partial charge in [0.1, 0.15) is 0 Å². The van der Waals surface area contributed by atoms with E-state index >= 15 is 0 Å². The number of nitrogens with zero attached hydrogens (tertiary/aromatic N) is 1. The third kappa shape index (κ3) is 4.29. The molecule has 0 unspecified atom stereocenters.